The monoisotopic (exact) mass is 412 g/mol. The molecule has 0 saturated carbocycles. The fraction of sp³-hybridized carbons (Fsp3) is 0.458. The average Bonchev–Trinajstić information content (AvgIpc) is 2.75. The Bertz CT molecular complexity index is 797. The number of guanidine groups is 1. The standard InChI is InChI=1S/C24H33FN4O/c1-3-26-24(27-16-23(30)20-9-11-21(25)12-10-20)28-22-13-14-29(18(2)15-22)17-19-7-5-4-6-8-19/h4-12,18,22-23,30H,3,13-17H2,1-2H3,(H2,26,27,28). The van der Waals surface area contributed by atoms with Gasteiger partial charge < -0.3 is 15.7 Å². The van der Waals surface area contributed by atoms with Gasteiger partial charge in [-0.3, -0.25) is 9.89 Å². The van der Waals surface area contributed by atoms with E-state index in [9.17, 15) is 9.50 Å². The van der Waals surface area contributed by atoms with Crippen LogP contribution in [0.5, 0.6) is 0 Å². The number of aliphatic hydroxyl groups excluding tert-OH is 1. The minimum Gasteiger partial charge on any atom is -0.386 e. The maximum Gasteiger partial charge on any atom is 0.191 e. The van der Waals surface area contributed by atoms with Gasteiger partial charge in [0.2, 0.25) is 0 Å². The largest absolute Gasteiger partial charge is 0.386 e. The Kier molecular flexibility index (Phi) is 8.22. The normalized spacial score (nSPS) is 21.3. The molecule has 1 aliphatic heterocycles. The molecule has 2 aromatic rings. The lowest BCUT2D eigenvalue weighted by Crippen LogP contribution is -2.51. The van der Waals surface area contributed by atoms with Gasteiger partial charge in [0.15, 0.2) is 5.96 Å². The topological polar surface area (TPSA) is 59.9 Å². The van der Waals surface area contributed by atoms with Crippen molar-refractivity contribution >= 4 is 5.96 Å². The van der Waals surface area contributed by atoms with E-state index in [1.807, 2.05) is 6.92 Å². The van der Waals surface area contributed by atoms with Gasteiger partial charge in [0.05, 0.1) is 12.6 Å². The van der Waals surface area contributed by atoms with Crippen LogP contribution in [0.2, 0.25) is 0 Å². The second-order valence-corrected chi connectivity index (χ2v) is 7.96. The van der Waals surface area contributed by atoms with E-state index in [1.165, 1.54) is 17.7 Å². The van der Waals surface area contributed by atoms with Gasteiger partial charge in [0.1, 0.15) is 5.82 Å². The van der Waals surface area contributed by atoms with Crippen LogP contribution >= 0.6 is 0 Å². The van der Waals surface area contributed by atoms with E-state index in [0.717, 1.165) is 32.5 Å². The number of halogens is 1. The van der Waals surface area contributed by atoms with E-state index in [-0.39, 0.29) is 12.4 Å². The van der Waals surface area contributed by atoms with Crippen molar-refractivity contribution in [3.8, 4) is 0 Å². The number of hydrogen-bond acceptors (Lipinski definition) is 3. The summed E-state index contributed by atoms with van der Waals surface area (Å²) in [5.41, 5.74) is 2.01. The first-order valence-electron chi connectivity index (χ1n) is 10.8. The fourth-order valence-corrected chi connectivity index (χ4v) is 3.89. The van der Waals surface area contributed by atoms with Crippen molar-refractivity contribution in [2.75, 3.05) is 19.6 Å². The van der Waals surface area contributed by atoms with Gasteiger partial charge in [-0.2, -0.15) is 0 Å². The highest BCUT2D eigenvalue weighted by molar-refractivity contribution is 5.80. The van der Waals surface area contributed by atoms with Crippen molar-refractivity contribution in [2.45, 2.75) is 51.4 Å². The van der Waals surface area contributed by atoms with Gasteiger partial charge in [-0.25, -0.2) is 4.39 Å². The van der Waals surface area contributed by atoms with Gasteiger partial charge in [0, 0.05) is 31.7 Å². The van der Waals surface area contributed by atoms with E-state index in [1.54, 1.807) is 12.1 Å². The van der Waals surface area contributed by atoms with Crippen LogP contribution in [0.25, 0.3) is 0 Å². The minimum absolute atomic E-state index is 0.226. The maximum atomic E-state index is 13.1. The zero-order valence-electron chi connectivity index (χ0n) is 17.9. The van der Waals surface area contributed by atoms with Gasteiger partial charge >= 0.3 is 0 Å². The Morgan fingerprint density at radius 2 is 1.93 bits per heavy atom. The molecular formula is C24H33FN4O. The zero-order valence-corrected chi connectivity index (χ0v) is 17.9. The molecule has 3 rings (SSSR count). The summed E-state index contributed by atoms with van der Waals surface area (Å²) in [5.74, 6) is 0.407. The molecule has 0 amide bonds. The molecule has 30 heavy (non-hydrogen) atoms. The number of hydrogen-bond donors (Lipinski definition) is 3. The van der Waals surface area contributed by atoms with E-state index in [2.05, 4.69) is 57.8 Å². The molecule has 1 fully saturated rings. The average molecular weight is 413 g/mol. The van der Waals surface area contributed by atoms with Crippen molar-refractivity contribution in [3.63, 3.8) is 0 Å². The Hall–Kier alpha value is -2.44. The Labute approximate surface area is 179 Å². The van der Waals surface area contributed by atoms with Crippen LogP contribution in [0.3, 0.4) is 0 Å². The lowest BCUT2D eigenvalue weighted by Gasteiger charge is -2.38. The van der Waals surface area contributed by atoms with Gasteiger partial charge in [-0.15, -0.1) is 0 Å². The molecule has 6 heteroatoms. The smallest absolute Gasteiger partial charge is 0.191 e. The van der Waals surface area contributed by atoms with Crippen LogP contribution in [0.15, 0.2) is 59.6 Å². The molecular weight excluding hydrogens is 379 g/mol. The first-order chi connectivity index (χ1) is 14.5. The van der Waals surface area contributed by atoms with Crippen molar-refractivity contribution in [2.24, 2.45) is 4.99 Å². The molecule has 0 aromatic heterocycles. The Balaban J connectivity index is 1.53. The number of rotatable bonds is 7. The van der Waals surface area contributed by atoms with Crippen LogP contribution < -0.4 is 10.6 Å². The third-order valence-corrected chi connectivity index (χ3v) is 5.60. The van der Waals surface area contributed by atoms with Crippen LogP contribution in [0.1, 0.15) is 43.9 Å². The zero-order chi connectivity index (χ0) is 21.3. The summed E-state index contributed by atoms with van der Waals surface area (Å²) >= 11 is 0. The number of benzene rings is 2. The lowest BCUT2D eigenvalue weighted by molar-refractivity contribution is 0.134. The maximum absolute atomic E-state index is 13.1. The second-order valence-electron chi connectivity index (χ2n) is 7.96. The molecule has 5 nitrogen and oxygen atoms in total. The third-order valence-electron chi connectivity index (χ3n) is 5.60. The number of likely N-dealkylation sites (tertiary alicyclic amines) is 1. The molecule has 0 spiro atoms. The summed E-state index contributed by atoms with van der Waals surface area (Å²) < 4.78 is 13.1. The van der Waals surface area contributed by atoms with E-state index in [0.29, 0.717) is 23.6 Å². The van der Waals surface area contributed by atoms with E-state index < -0.39 is 6.10 Å². The Morgan fingerprint density at radius 3 is 2.60 bits per heavy atom. The van der Waals surface area contributed by atoms with Crippen LogP contribution in [-0.4, -0.2) is 47.7 Å². The van der Waals surface area contributed by atoms with Crippen molar-refractivity contribution in [1.29, 1.82) is 0 Å². The van der Waals surface area contributed by atoms with Gasteiger partial charge in [-0.1, -0.05) is 42.5 Å². The quantitative estimate of drug-likeness (QED) is 0.481. The summed E-state index contributed by atoms with van der Waals surface area (Å²) in [4.78, 5) is 7.08. The molecule has 1 saturated heterocycles. The number of piperidine rings is 1. The predicted molar refractivity (Wildman–Crippen MR) is 120 cm³/mol. The molecule has 3 unspecified atom stereocenters. The van der Waals surface area contributed by atoms with Crippen LogP contribution in [0.4, 0.5) is 4.39 Å². The molecule has 0 radical (unpaired) electrons. The summed E-state index contributed by atoms with van der Waals surface area (Å²) in [6.07, 6.45) is 1.33. The highest BCUT2D eigenvalue weighted by Gasteiger charge is 2.26. The van der Waals surface area contributed by atoms with E-state index >= 15 is 0 Å². The van der Waals surface area contributed by atoms with Crippen molar-refractivity contribution in [3.05, 3.63) is 71.5 Å². The summed E-state index contributed by atoms with van der Waals surface area (Å²) in [6, 6.07) is 17.3. The number of aliphatic imine (C=N–C) groups is 1. The van der Waals surface area contributed by atoms with Crippen LogP contribution in [0, 0.1) is 5.82 Å². The summed E-state index contributed by atoms with van der Waals surface area (Å²) in [6.45, 7) is 7.29. The fourth-order valence-electron chi connectivity index (χ4n) is 3.89. The van der Waals surface area contributed by atoms with E-state index in [4.69, 9.17) is 0 Å². The molecule has 3 N–H and O–H groups in total. The number of aliphatic hydroxyl groups is 1. The first kappa shape index (κ1) is 22.2. The number of nitrogens with one attached hydrogen (secondary N) is 2. The molecule has 0 aliphatic carbocycles. The summed E-state index contributed by atoms with van der Waals surface area (Å²) in [7, 11) is 0. The van der Waals surface area contributed by atoms with Crippen LogP contribution in [-0.2, 0) is 6.54 Å². The first-order valence-corrected chi connectivity index (χ1v) is 10.8. The highest BCUT2D eigenvalue weighted by atomic mass is 19.1. The molecule has 162 valence electrons. The Morgan fingerprint density at radius 1 is 1.20 bits per heavy atom. The SMILES string of the molecule is CCNC(=NCC(O)c1ccc(F)cc1)NC1CCN(Cc2ccccc2)C(C)C1. The molecule has 1 aliphatic rings. The van der Waals surface area contributed by atoms with Crippen molar-refractivity contribution < 1.29 is 9.50 Å². The predicted octanol–water partition coefficient (Wildman–Crippen LogP) is 3.47. The molecule has 2 aromatic carbocycles. The summed E-state index contributed by atoms with van der Waals surface area (Å²) in [5, 5.41) is 17.2. The van der Waals surface area contributed by atoms with Crippen molar-refractivity contribution in [1.82, 2.24) is 15.5 Å². The highest BCUT2D eigenvalue weighted by Crippen LogP contribution is 2.20. The second kappa shape index (κ2) is 11.1. The number of nitrogens with zero attached hydrogens (tertiary/aromatic N) is 2. The molecule has 0 bridgehead atoms. The van der Waals surface area contributed by atoms with Gasteiger partial charge in [0.25, 0.3) is 0 Å². The third kappa shape index (κ3) is 6.54. The minimum atomic E-state index is -0.757. The lowest BCUT2D eigenvalue weighted by atomic mass is 9.97. The van der Waals surface area contributed by atoms with Gasteiger partial charge in [-0.05, 0) is 49.9 Å². The molecule has 3 atom stereocenters. The molecule has 1 heterocycles.